The lowest BCUT2D eigenvalue weighted by atomic mass is 10.00. The minimum absolute atomic E-state index is 0.0409. The highest BCUT2D eigenvalue weighted by Crippen LogP contribution is 2.36. The zero-order valence-electron chi connectivity index (χ0n) is 20.3. The van der Waals surface area contributed by atoms with Crippen molar-refractivity contribution in [1.29, 1.82) is 0 Å². The fraction of sp³-hybridized carbons (Fsp3) is 0.238. The number of rotatable bonds is 2. The van der Waals surface area contributed by atoms with Crippen LogP contribution >= 0.6 is 0 Å². The Hall–Kier alpha value is -2.68. The molecule has 24 heavy (non-hydrogen) atoms. The van der Waals surface area contributed by atoms with Crippen LogP contribution in [0.4, 0.5) is 0 Å². The third-order valence-electron chi connectivity index (χ3n) is 4.14. The summed E-state index contributed by atoms with van der Waals surface area (Å²) in [5.41, 5.74) is 2.76. The molecule has 0 spiro atoms. The summed E-state index contributed by atoms with van der Waals surface area (Å²) in [5.74, 6) is -1.81. The molecule has 0 aliphatic carbocycles. The highest BCUT2D eigenvalue weighted by atomic mass is 16.3. The van der Waals surface area contributed by atoms with Gasteiger partial charge >= 0.3 is 0 Å². The van der Waals surface area contributed by atoms with E-state index in [1.807, 2.05) is 19.1 Å². The van der Waals surface area contributed by atoms with Crippen LogP contribution in [-0.4, -0.2) is 9.97 Å². The van der Waals surface area contributed by atoms with Crippen molar-refractivity contribution in [1.82, 2.24) is 9.97 Å². The molecule has 4 rings (SSSR count). The van der Waals surface area contributed by atoms with Crippen LogP contribution in [0.25, 0.3) is 33.3 Å². The molecule has 3 aromatic heterocycles. The summed E-state index contributed by atoms with van der Waals surface area (Å²) >= 11 is 0. The summed E-state index contributed by atoms with van der Waals surface area (Å²) in [4.78, 5) is 8.58. The van der Waals surface area contributed by atoms with Crippen LogP contribution in [0.1, 0.15) is 46.1 Å². The molecule has 3 heterocycles. The van der Waals surface area contributed by atoms with Crippen LogP contribution in [0.15, 0.2) is 47.0 Å². The smallest absolute Gasteiger partial charge is 0.227 e. The van der Waals surface area contributed by atoms with E-state index in [9.17, 15) is 0 Å². The van der Waals surface area contributed by atoms with Crippen LogP contribution in [0, 0.1) is 13.8 Å². The number of hydrogen-bond donors (Lipinski definition) is 0. The van der Waals surface area contributed by atoms with Crippen molar-refractivity contribution < 1.29 is 14.0 Å². The van der Waals surface area contributed by atoms with E-state index in [0.29, 0.717) is 27.8 Å². The van der Waals surface area contributed by atoms with Gasteiger partial charge < -0.3 is 4.42 Å². The van der Waals surface area contributed by atoms with Crippen molar-refractivity contribution in [3.63, 3.8) is 0 Å². The van der Waals surface area contributed by atoms with E-state index in [1.54, 1.807) is 12.1 Å². The van der Waals surface area contributed by atoms with Gasteiger partial charge in [-0.3, -0.25) is 4.98 Å². The van der Waals surface area contributed by atoms with Crippen molar-refractivity contribution in [2.75, 3.05) is 0 Å². The molecule has 0 amide bonds. The topological polar surface area (TPSA) is 38.9 Å². The third kappa shape index (κ3) is 2.28. The van der Waals surface area contributed by atoms with Gasteiger partial charge in [-0.25, -0.2) is 4.98 Å². The maximum atomic E-state index is 8.36. The molecule has 0 saturated heterocycles. The molecule has 4 aromatic rings. The molecule has 0 aliphatic heterocycles. The van der Waals surface area contributed by atoms with Crippen LogP contribution in [0.3, 0.4) is 0 Å². The third-order valence-corrected chi connectivity index (χ3v) is 4.14. The Balaban J connectivity index is 1.95. The van der Waals surface area contributed by atoms with Crippen molar-refractivity contribution in [2.24, 2.45) is 0 Å². The second kappa shape index (κ2) is 5.45. The summed E-state index contributed by atoms with van der Waals surface area (Å²) in [6.45, 7) is -1.71. The predicted octanol–water partition coefficient (Wildman–Crippen LogP) is 5.78. The molecule has 120 valence electrons. The van der Waals surface area contributed by atoms with Gasteiger partial charge in [0.05, 0.1) is 11.1 Å². The first-order valence-corrected chi connectivity index (χ1v) is 7.61. The van der Waals surface area contributed by atoms with Crippen LogP contribution in [-0.2, 0) is 0 Å². The molecule has 0 bridgehead atoms. The second-order valence-electron chi connectivity index (χ2n) is 5.84. The van der Waals surface area contributed by atoms with E-state index >= 15 is 0 Å². The van der Waals surface area contributed by atoms with Gasteiger partial charge in [-0.15, -0.1) is 0 Å². The van der Waals surface area contributed by atoms with Crippen molar-refractivity contribution in [3.05, 3.63) is 59.4 Å². The predicted molar refractivity (Wildman–Crippen MR) is 98.3 cm³/mol. The number of para-hydroxylation sites is 1. The standard InChI is InChI=1S/C21H20N2O/c1-12(2)15-8-9-22-18(11-15)16-6-5-7-17-19-13(3)10-14(4)23-21(19)24-20(16)17/h5-12H,1-4H3/i1D3,4D3,12D. The molecule has 0 radical (unpaired) electrons. The molecule has 0 N–H and O–H groups in total. The molecule has 1 aromatic carbocycles. The highest BCUT2D eigenvalue weighted by Gasteiger charge is 2.16. The fourth-order valence-electron chi connectivity index (χ4n) is 3.00. The van der Waals surface area contributed by atoms with Gasteiger partial charge in [-0.1, -0.05) is 25.9 Å². The van der Waals surface area contributed by atoms with Crippen molar-refractivity contribution in [3.8, 4) is 11.3 Å². The van der Waals surface area contributed by atoms with Crippen LogP contribution in [0.2, 0.25) is 0 Å². The normalized spacial score (nSPS) is 19.5. The quantitative estimate of drug-likeness (QED) is 0.469. The number of nitrogens with zero attached hydrogens (tertiary/aromatic N) is 2. The monoisotopic (exact) mass is 323 g/mol. The Morgan fingerprint density at radius 2 is 2.17 bits per heavy atom. The molecule has 0 fully saturated rings. The Morgan fingerprint density at radius 1 is 1.25 bits per heavy atom. The van der Waals surface area contributed by atoms with E-state index in [2.05, 4.69) is 9.97 Å². The average molecular weight is 323 g/mol. The van der Waals surface area contributed by atoms with E-state index < -0.39 is 19.6 Å². The molecular weight excluding hydrogens is 296 g/mol. The van der Waals surface area contributed by atoms with Crippen LogP contribution < -0.4 is 0 Å². The number of fused-ring (bicyclic) bond motifs is 3. The van der Waals surface area contributed by atoms with Crippen LogP contribution in [0.5, 0.6) is 0 Å². The number of aromatic nitrogens is 2. The molecule has 1 atom stereocenters. The van der Waals surface area contributed by atoms with Gasteiger partial charge in [0.2, 0.25) is 5.71 Å². The zero-order chi connectivity index (χ0) is 22.8. The number of benzene rings is 1. The summed E-state index contributed by atoms with van der Waals surface area (Å²) in [6.07, 6.45) is 1.47. The van der Waals surface area contributed by atoms with Gasteiger partial charge in [0.25, 0.3) is 0 Å². The maximum Gasteiger partial charge on any atom is 0.227 e. The molecule has 3 nitrogen and oxygen atoms in total. The van der Waals surface area contributed by atoms with E-state index in [4.69, 9.17) is 14.0 Å². The number of pyridine rings is 2. The summed E-state index contributed by atoms with van der Waals surface area (Å²) < 4.78 is 60.4. The number of aryl methyl sites for hydroxylation is 2. The first-order chi connectivity index (χ1) is 14.3. The largest absolute Gasteiger partial charge is 0.437 e. The molecule has 1 unspecified atom stereocenters. The summed E-state index contributed by atoms with van der Waals surface area (Å²) in [7, 11) is 0. The number of furan rings is 1. The zero-order valence-corrected chi connectivity index (χ0v) is 13.3. The highest BCUT2D eigenvalue weighted by molar-refractivity contribution is 6.09. The number of hydrogen-bond acceptors (Lipinski definition) is 3. The van der Waals surface area contributed by atoms with Gasteiger partial charge in [0, 0.05) is 32.4 Å². The minimum atomic E-state index is -2.51. The Kier molecular flexibility index (Phi) is 2.04. The van der Waals surface area contributed by atoms with Crippen molar-refractivity contribution >= 4 is 22.1 Å². The van der Waals surface area contributed by atoms with Gasteiger partial charge in [-0.05, 0) is 55.1 Å². The van der Waals surface area contributed by atoms with Gasteiger partial charge in [0.15, 0.2) is 0 Å². The first kappa shape index (κ1) is 8.97. The molecule has 0 saturated carbocycles. The Morgan fingerprint density at radius 3 is 3.00 bits per heavy atom. The molecule has 0 aliphatic rings. The lowest BCUT2D eigenvalue weighted by molar-refractivity contribution is 0.653. The first-order valence-electron chi connectivity index (χ1n) is 11.1. The fourth-order valence-corrected chi connectivity index (χ4v) is 3.00. The van der Waals surface area contributed by atoms with Gasteiger partial charge in [-0.2, -0.15) is 0 Å². The lowest BCUT2D eigenvalue weighted by Gasteiger charge is -2.07. The van der Waals surface area contributed by atoms with E-state index in [1.165, 1.54) is 25.3 Å². The summed E-state index contributed by atoms with van der Waals surface area (Å²) in [5, 5.41) is 1.47. The maximum absolute atomic E-state index is 8.36. The Labute approximate surface area is 151 Å². The SMILES string of the molecule is [2H]C([2H])([2H])c1cc(C)c2c(n1)oc1c(-c3cc(C([2H])(C)C([2H])([2H])[2H])ccn3)cccc12. The van der Waals surface area contributed by atoms with Crippen molar-refractivity contribution in [2.45, 2.75) is 33.4 Å². The average Bonchev–Trinajstić information content (AvgIpc) is 3.05. The second-order valence-corrected chi connectivity index (χ2v) is 5.84. The molecule has 3 heteroatoms. The summed E-state index contributed by atoms with van der Waals surface area (Å²) in [6, 6.07) is 10.1. The minimum Gasteiger partial charge on any atom is -0.437 e. The lowest BCUT2D eigenvalue weighted by Crippen LogP contribution is -1.90. The van der Waals surface area contributed by atoms with E-state index in [0.717, 1.165) is 10.9 Å². The van der Waals surface area contributed by atoms with E-state index in [-0.39, 0.29) is 11.4 Å². The Bertz CT molecular complexity index is 1300. The molecular formula is C21H20N2O. The van der Waals surface area contributed by atoms with Gasteiger partial charge in [0.1, 0.15) is 5.58 Å².